The normalized spacial score (nSPS) is 15.0. The summed E-state index contributed by atoms with van der Waals surface area (Å²) in [6.45, 7) is 5.79. The highest BCUT2D eigenvalue weighted by atomic mass is 19.1. The van der Waals surface area contributed by atoms with E-state index in [0.29, 0.717) is 43.5 Å². The number of piperazine rings is 1. The Hall–Kier alpha value is -3.60. The number of hydrogen-bond donors (Lipinski definition) is 3. The van der Waals surface area contributed by atoms with Crippen LogP contribution >= 0.6 is 0 Å². The SMILES string of the molecule is CCNC(=O)Nc1cc(CN2CCN(c3ccc(N=C/C=C\N)nc3F)CC2)ncn1. The third-order valence-electron chi connectivity index (χ3n) is 4.62. The molecule has 31 heavy (non-hydrogen) atoms. The number of aromatic nitrogens is 3. The summed E-state index contributed by atoms with van der Waals surface area (Å²) in [6, 6.07) is 4.82. The standard InChI is InChI=1S/C20H26FN9O/c1-2-23-20(31)28-18-12-15(25-14-26-18)13-29-8-10-30(11-9-29)16-4-5-17(27-19(16)21)24-7-3-6-22/h3-7,12,14H,2,8-11,13,22H2,1H3,(H2,23,25,26,28,31)/b6-3-,24-7?. The van der Waals surface area contributed by atoms with Gasteiger partial charge in [-0.1, -0.05) is 0 Å². The zero-order valence-electron chi connectivity index (χ0n) is 17.3. The van der Waals surface area contributed by atoms with Crippen molar-refractivity contribution in [3.63, 3.8) is 0 Å². The number of hydrogen-bond acceptors (Lipinski definition) is 8. The minimum Gasteiger partial charge on any atom is -0.405 e. The van der Waals surface area contributed by atoms with Gasteiger partial charge in [-0.2, -0.15) is 9.37 Å². The third-order valence-corrected chi connectivity index (χ3v) is 4.62. The lowest BCUT2D eigenvalue weighted by Gasteiger charge is -2.35. The van der Waals surface area contributed by atoms with E-state index in [0.717, 1.165) is 18.8 Å². The molecule has 10 nitrogen and oxygen atoms in total. The minimum absolute atomic E-state index is 0.291. The van der Waals surface area contributed by atoms with Crippen LogP contribution in [0.3, 0.4) is 0 Å². The number of anilines is 2. The van der Waals surface area contributed by atoms with Gasteiger partial charge in [0, 0.05) is 51.5 Å². The monoisotopic (exact) mass is 427 g/mol. The van der Waals surface area contributed by atoms with E-state index in [1.165, 1.54) is 18.7 Å². The van der Waals surface area contributed by atoms with E-state index in [1.54, 1.807) is 24.3 Å². The van der Waals surface area contributed by atoms with Gasteiger partial charge in [0.25, 0.3) is 0 Å². The molecule has 3 heterocycles. The van der Waals surface area contributed by atoms with Gasteiger partial charge in [-0.15, -0.1) is 0 Å². The molecule has 0 atom stereocenters. The Labute approximate surface area is 180 Å². The summed E-state index contributed by atoms with van der Waals surface area (Å²) in [7, 11) is 0. The fourth-order valence-electron chi connectivity index (χ4n) is 3.14. The lowest BCUT2D eigenvalue weighted by atomic mass is 10.2. The van der Waals surface area contributed by atoms with Crippen LogP contribution in [0.5, 0.6) is 0 Å². The molecule has 1 saturated heterocycles. The van der Waals surface area contributed by atoms with Gasteiger partial charge in [0.1, 0.15) is 12.1 Å². The quantitative estimate of drug-likeness (QED) is 0.453. The summed E-state index contributed by atoms with van der Waals surface area (Å²) in [5, 5.41) is 5.34. The summed E-state index contributed by atoms with van der Waals surface area (Å²) in [5.74, 6) is 0.197. The molecule has 3 rings (SSSR count). The van der Waals surface area contributed by atoms with Crippen molar-refractivity contribution in [1.29, 1.82) is 0 Å². The largest absolute Gasteiger partial charge is 0.405 e. The Morgan fingerprint density at radius 1 is 1.29 bits per heavy atom. The highest BCUT2D eigenvalue weighted by Gasteiger charge is 2.21. The van der Waals surface area contributed by atoms with Crippen molar-refractivity contribution in [2.24, 2.45) is 10.7 Å². The topological polar surface area (TPSA) is 125 Å². The maximum atomic E-state index is 14.5. The van der Waals surface area contributed by atoms with Crippen LogP contribution in [-0.2, 0) is 6.54 Å². The first-order valence-corrected chi connectivity index (χ1v) is 9.99. The van der Waals surface area contributed by atoms with Gasteiger partial charge < -0.3 is 16.0 Å². The lowest BCUT2D eigenvalue weighted by molar-refractivity contribution is 0.246. The number of carbonyl (C=O) groups is 1. The van der Waals surface area contributed by atoms with E-state index in [9.17, 15) is 9.18 Å². The van der Waals surface area contributed by atoms with Gasteiger partial charge in [0.05, 0.1) is 11.4 Å². The van der Waals surface area contributed by atoms with Crippen molar-refractivity contribution < 1.29 is 9.18 Å². The van der Waals surface area contributed by atoms with Crippen LogP contribution in [-0.4, -0.2) is 64.8 Å². The maximum absolute atomic E-state index is 14.5. The highest BCUT2D eigenvalue weighted by Crippen LogP contribution is 2.22. The summed E-state index contributed by atoms with van der Waals surface area (Å²) >= 11 is 0. The molecule has 1 aliphatic rings. The van der Waals surface area contributed by atoms with Crippen LogP contribution in [0.25, 0.3) is 0 Å². The second kappa shape index (κ2) is 11.0. The molecule has 1 aliphatic heterocycles. The molecule has 2 aromatic heterocycles. The smallest absolute Gasteiger partial charge is 0.320 e. The zero-order valence-corrected chi connectivity index (χ0v) is 17.3. The van der Waals surface area contributed by atoms with E-state index in [1.807, 2.05) is 11.8 Å². The zero-order chi connectivity index (χ0) is 22.1. The molecule has 11 heteroatoms. The first kappa shape index (κ1) is 22.1. The molecule has 1 fully saturated rings. The fourth-order valence-corrected chi connectivity index (χ4v) is 3.14. The first-order valence-electron chi connectivity index (χ1n) is 9.99. The predicted molar refractivity (Wildman–Crippen MR) is 118 cm³/mol. The van der Waals surface area contributed by atoms with E-state index >= 15 is 0 Å². The number of allylic oxidation sites excluding steroid dienone is 1. The Morgan fingerprint density at radius 3 is 2.81 bits per heavy atom. The number of aliphatic imine (C=N–C) groups is 1. The van der Waals surface area contributed by atoms with Crippen LogP contribution in [0.1, 0.15) is 12.6 Å². The van der Waals surface area contributed by atoms with Gasteiger partial charge in [-0.05, 0) is 31.3 Å². The molecule has 164 valence electrons. The van der Waals surface area contributed by atoms with E-state index in [4.69, 9.17) is 5.73 Å². The van der Waals surface area contributed by atoms with Gasteiger partial charge in [-0.25, -0.2) is 19.8 Å². The molecule has 0 aliphatic carbocycles. The number of urea groups is 1. The number of nitrogens with one attached hydrogen (secondary N) is 2. The summed E-state index contributed by atoms with van der Waals surface area (Å²) < 4.78 is 14.5. The number of carbonyl (C=O) groups excluding carboxylic acids is 1. The number of amides is 2. The molecule has 0 radical (unpaired) electrons. The average molecular weight is 427 g/mol. The fraction of sp³-hybridized carbons (Fsp3) is 0.350. The molecule has 0 bridgehead atoms. The van der Waals surface area contributed by atoms with Crippen molar-refractivity contribution >= 4 is 29.6 Å². The van der Waals surface area contributed by atoms with Crippen molar-refractivity contribution in [2.75, 3.05) is 42.9 Å². The second-order valence-electron chi connectivity index (χ2n) is 6.78. The summed E-state index contributed by atoms with van der Waals surface area (Å²) in [5.41, 5.74) is 6.50. The molecule has 0 spiro atoms. The van der Waals surface area contributed by atoms with Crippen LogP contribution in [0.15, 0.2) is 41.8 Å². The number of rotatable bonds is 7. The van der Waals surface area contributed by atoms with Crippen LogP contribution in [0.4, 0.5) is 26.5 Å². The lowest BCUT2D eigenvalue weighted by Crippen LogP contribution is -2.46. The molecular formula is C20H26FN9O. The Balaban J connectivity index is 1.55. The van der Waals surface area contributed by atoms with Crippen molar-refractivity contribution in [3.8, 4) is 0 Å². The third kappa shape index (κ3) is 6.44. The molecule has 2 aromatic rings. The van der Waals surface area contributed by atoms with E-state index in [2.05, 4.69) is 35.5 Å². The first-order chi connectivity index (χ1) is 15.1. The summed E-state index contributed by atoms with van der Waals surface area (Å²) in [4.78, 5) is 32.1. The van der Waals surface area contributed by atoms with Gasteiger partial charge in [0.2, 0.25) is 5.95 Å². The van der Waals surface area contributed by atoms with Gasteiger partial charge in [-0.3, -0.25) is 10.2 Å². The molecule has 0 saturated carbocycles. The Morgan fingerprint density at radius 2 is 2.10 bits per heavy atom. The predicted octanol–water partition coefficient (Wildman–Crippen LogP) is 1.65. The van der Waals surface area contributed by atoms with Crippen molar-refractivity contribution in [1.82, 2.24) is 25.2 Å². The highest BCUT2D eigenvalue weighted by molar-refractivity contribution is 5.88. The summed E-state index contributed by atoms with van der Waals surface area (Å²) in [6.07, 6.45) is 5.78. The Bertz CT molecular complexity index is 942. The minimum atomic E-state index is -0.545. The van der Waals surface area contributed by atoms with Gasteiger partial charge in [0.15, 0.2) is 5.82 Å². The average Bonchev–Trinajstić information content (AvgIpc) is 2.75. The molecule has 0 aromatic carbocycles. The van der Waals surface area contributed by atoms with Crippen LogP contribution < -0.4 is 21.3 Å². The second-order valence-corrected chi connectivity index (χ2v) is 6.78. The Kier molecular flexibility index (Phi) is 7.82. The number of halogens is 1. The molecular weight excluding hydrogens is 401 g/mol. The maximum Gasteiger partial charge on any atom is 0.320 e. The van der Waals surface area contributed by atoms with Crippen molar-refractivity contribution in [3.05, 3.63) is 48.4 Å². The van der Waals surface area contributed by atoms with E-state index in [-0.39, 0.29) is 6.03 Å². The number of nitrogens with zero attached hydrogens (tertiary/aromatic N) is 6. The van der Waals surface area contributed by atoms with Gasteiger partial charge >= 0.3 is 6.03 Å². The number of pyridine rings is 1. The van der Waals surface area contributed by atoms with Crippen LogP contribution in [0, 0.1) is 5.95 Å². The molecule has 0 unspecified atom stereocenters. The molecule has 4 N–H and O–H groups in total. The van der Waals surface area contributed by atoms with Crippen molar-refractivity contribution in [2.45, 2.75) is 13.5 Å². The van der Waals surface area contributed by atoms with Crippen LogP contribution in [0.2, 0.25) is 0 Å². The molecule has 2 amide bonds. The number of nitrogens with two attached hydrogens (primary N) is 1. The van der Waals surface area contributed by atoms with E-state index < -0.39 is 5.95 Å².